The molecule has 0 radical (unpaired) electrons. The second kappa shape index (κ2) is 7.14. The Hall–Kier alpha value is -3.55. The third-order valence-electron chi connectivity index (χ3n) is 3.75. The quantitative estimate of drug-likeness (QED) is 0.620. The summed E-state index contributed by atoms with van der Waals surface area (Å²) in [6.07, 6.45) is 3.41. The molecule has 0 atom stereocenters. The molecule has 2 heterocycles. The van der Waals surface area contributed by atoms with E-state index in [9.17, 15) is 14.4 Å². The normalized spacial score (nSPS) is 10.8. The third-order valence-corrected chi connectivity index (χ3v) is 3.75. The van der Waals surface area contributed by atoms with Crippen LogP contribution in [0.5, 0.6) is 5.75 Å². The summed E-state index contributed by atoms with van der Waals surface area (Å²) < 4.78 is 11.5. The molecule has 0 aliphatic carbocycles. The lowest BCUT2D eigenvalue weighted by molar-refractivity contribution is -0.137. The van der Waals surface area contributed by atoms with Crippen LogP contribution in [-0.4, -0.2) is 27.2 Å². The van der Waals surface area contributed by atoms with Crippen molar-refractivity contribution in [2.24, 2.45) is 0 Å². The maximum Gasteiger partial charge on any atom is 0.329 e. The molecule has 0 saturated heterocycles. The highest BCUT2D eigenvalue weighted by atomic mass is 16.5. The van der Waals surface area contributed by atoms with Gasteiger partial charge in [0.25, 0.3) is 5.56 Å². The van der Waals surface area contributed by atoms with Gasteiger partial charge < -0.3 is 19.2 Å². The van der Waals surface area contributed by atoms with Crippen molar-refractivity contribution >= 4 is 16.9 Å². The summed E-state index contributed by atoms with van der Waals surface area (Å²) in [6, 6.07) is 6.68. The van der Waals surface area contributed by atoms with Gasteiger partial charge >= 0.3 is 11.7 Å². The fourth-order valence-electron chi connectivity index (χ4n) is 2.66. The second-order valence-corrected chi connectivity index (χ2v) is 5.58. The lowest BCUT2D eigenvalue weighted by atomic mass is 10.1. The van der Waals surface area contributed by atoms with E-state index in [1.165, 1.54) is 12.3 Å². The summed E-state index contributed by atoms with van der Waals surface area (Å²) in [7, 11) is 0. The van der Waals surface area contributed by atoms with Gasteiger partial charge in [-0.1, -0.05) is 12.7 Å². The fourth-order valence-corrected chi connectivity index (χ4v) is 2.66. The molecule has 0 saturated carbocycles. The van der Waals surface area contributed by atoms with Gasteiger partial charge in [-0.2, -0.15) is 0 Å². The number of nitrogens with one attached hydrogen (secondary N) is 1. The van der Waals surface area contributed by atoms with E-state index in [1.54, 1.807) is 24.3 Å². The van der Waals surface area contributed by atoms with Gasteiger partial charge in [0, 0.05) is 6.42 Å². The van der Waals surface area contributed by atoms with Crippen molar-refractivity contribution in [3.63, 3.8) is 0 Å². The minimum absolute atomic E-state index is 0.161. The molecule has 8 nitrogen and oxygen atoms in total. The van der Waals surface area contributed by atoms with Gasteiger partial charge in [-0.15, -0.1) is 0 Å². The van der Waals surface area contributed by atoms with Gasteiger partial charge in [-0.3, -0.25) is 9.59 Å². The number of aromatic amines is 1. The number of carbonyl (C=O) groups is 1. The SMILES string of the molecule is C=CCOc1cc(Cc2ccco2)c2[nH]c(=O)n(CC(=O)O)c(=O)c2c1. The van der Waals surface area contributed by atoms with Crippen molar-refractivity contribution in [2.45, 2.75) is 13.0 Å². The summed E-state index contributed by atoms with van der Waals surface area (Å²) >= 11 is 0. The minimum Gasteiger partial charge on any atom is -0.490 e. The molecular formula is C18H16N2O6. The van der Waals surface area contributed by atoms with Crippen molar-refractivity contribution in [2.75, 3.05) is 6.61 Å². The summed E-state index contributed by atoms with van der Waals surface area (Å²) in [6.45, 7) is 3.09. The highest BCUT2D eigenvalue weighted by molar-refractivity contribution is 5.83. The van der Waals surface area contributed by atoms with Crippen molar-refractivity contribution in [1.82, 2.24) is 9.55 Å². The predicted molar refractivity (Wildman–Crippen MR) is 93.7 cm³/mol. The molecule has 2 N–H and O–H groups in total. The van der Waals surface area contributed by atoms with Crippen molar-refractivity contribution in [1.29, 1.82) is 0 Å². The van der Waals surface area contributed by atoms with Crippen LogP contribution < -0.4 is 16.0 Å². The van der Waals surface area contributed by atoms with Crippen LogP contribution in [-0.2, 0) is 17.8 Å². The van der Waals surface area contributed by atoms with E-state index in [0.717, 1.165) is 0 Å². The van der Waals surface area contributed by atoms with E-state index in [-0.39, 0.29) is 12.0 Å². The van der Waals surface area contributed by atoms with Gasteiger partial charge in [0.15, 0.2) is 0 Å². The zero-order valence-electron chi connectivity index (χ0n) is 13.7. The van der Waals surface area contributed by atoms with Crippen LogP contribution >= 0.6 is 0 Å². The number of nitrogens with zero attached hydrogens (tertiary/aromatic N) is 1. The van der Waals surface area contributed by atoms with Crippen LogP contribution in [0.2, 0.25) is 0 Å². The molecule has 134 valence electrons. The maximum absolute atomic E-state index is 12.6. The molecule has 0 bridgehead atoms. The molecular weight excluding hydrogens is 340 g/mol. The zero-order valence-corrected chi connectivity index (χ0v) is 13.7. The number of aromatic nitrogens is 2. The number of hydrogen-bond donors (Lipinski definition) is 2. The first-order valence-electron chi connectivity index (χ1n) is 7.77. The number of benzene rings is 1. The van der Waals surface area contributed by atoms with E-state index in [0.29, 0.717) is 33.6 Å². The summed E-state index contributed by atoms with van der Waals surface area (Å²) in [5, 5.41) is 9.08. The number of furan rings is 1. The van der Waals surface area contributed by atoms with Gasteiger partial charge in [-0.05, 0) is 29.8 Å². The average Bonchev–Trinajstić information content (AvgIpc) is 3.10. The molecule has 26 heavy (non-hydrogen) atoms. The topological polar surface area (TPSA) is 115 Å². The largest absolute Gasteiger partial charge is 0.490 e. The smallest absolute Gasteiger partial charge is 0.329 e. The Balaban J connectivity index is 2.23. The number of ether oxygens (including phenoxy) is 1. The first-order chi connectivity index (χ1) is 12.5. The van der Waals surface area contributed by atoms with E-state index >= 15 is 0 Å². The Morgan fingerprint density at radius 3 is 2.85 bits per heavy atom. The molecule has 0 aliphatic heterocycles. The molecule has 3 aromatic rings. The molecule has 0 unspecified atom stereocenters. The predicted octanol–water partition coefficient (Wildman–Crippen LogP) is 1.52. The molecule has 0 spiro atoms. The molecule has 3 rings (SSSR count). The van der Waals surface area contributed by atoms with Gasteiger partial charge in [0.2, 0.25) is 0 Å². The molecule has 0 fully saturated rings. The molecule has 2 aromatic heterocycles. The number of fused-ring (bicyclic) bond motifs is 1. The van der Waals surface area contributed by atoms with Gasteiger partial charge in [0.05, 0.1) is 17.2 Å². The number of aliphatic carboxylic acids is 1. The highest BCUT2D eigenvalue weighted by Gasteiger charge is 2.15. The van der Waals surface area contributed by atoms with Crippen LogP contribution in [0, 0.1) is 0 Å². The monoisotopic (exact) mass is 356 g/mol. The maximum atomic E-state index is 12.6. The number of carboxylic acid groups (broad SMARTS) is 1. The Kier molecular flexibility index (Phi) is 4.74. The first kappa shape index (κ1) is 17.3. The van der Waals surface area contributed by atoms with Crippen molar-refractivity contribution in [3.05, 3.63) is 75.3 Å². The van der Waals surface area contributed by atoms with Gasteiger partial charge in [-0.25, -0.2) is 9.36 Å². The summed E-state index contributed by atoms with van der Waals surface area (Å²) in [5.74, 6) is -0.237. The zero-order chi connectivity index (χ0) is 18.7. The molecule has 0 aliphatic rings. The molecule has 1 aromatic carbocycles. The standard InChI is InChI=1S/C18H16N2O6/c1-2-5-25-13-8-11(7-12-4-3-6-26-12)16-14(9-13)17(23)20(10-15(21)22)18(24)19-16/h2-4,6,8-9H,1,5,7,10H2,(H,19,24)(H,21,22). The summed E-state index contributed by atoms with van der Waals surface area (Å²) in [5.41, 5.74) is -0.543. The second-order valence-electron chi connectivity index (χ2n) is 5.58. The number of H-pyrrole nitrogens is 1. The van der Waals surface area contributed by atoms with E-state index in [2.05, 4.69) is 11.6 Å². The number of rotatable bonds is 7. The van der Waals surface area contributed by atoms with Crippen molar-refractivity contribution < 1.29 is 19.1 Å². The third kappa shape index (κ3) is 3.44. The minimum atomic E-state index is -1.29. The molecule has 0 amide bonds. The summed E-state index contributed by atoms with van der Waals surface area (Å²) in [4.78, 5) is 38.4. The number of carboxylic acids is 1. The number of hydrogen-bond acceptors (Lipinski definition) is 5. The van der Waals surface area contributed by atoms with Crippen LogP contribution in [0.1, 0.15) is 11.3 Å². The van der Waals surface area contributed by atoms with Gasteiger partial charge in [0.1, 0.15) is 24.7 Å². The van der Waals surface area contributed by atoms with E-state index < -0.39 is 23.8 Å². The lowest BCUT2D eigenvalue weighted by Crippen LogP contribution is -2.37. The van der Waals surface area contributed by atoms with E-state index in [1.807, 2.05) is 0 Å². The lowest BCUT2D eigenvalue weighted by Gasteiger charge is -2.11. The fraction of sp³-hybridized carbons (Fsp3) is 0.167. The highest BCUT2D eigenvalue weighted by Crippen LogP contribution is 2.24. The Morgan fingerprint density at radius 2 is 2.19 bits per heavy atom. The van der Waals surface area contributed by atoms with Crippen molar-refractivity contribution in [3.8, 4) is 5.75 Å². The van der Waals surface area contributed by atoms with E-state index in [4.69, 9.17) is 14.3 Å². The Morgan fingerprint density at radius 1 is 1.38 bits per heavy atom. The average molecular weight is 356 g/mol. The van der Waals surface area contributed by atoms with Crippen LogP contribution in [0.25, 0.3) is 10.9 Å². The van der Waals surface area contributed by atoms with Crippen LogP contribution in [0.3, 0.4) is 0 Å². The van der Waals surface area contributed by atoms with Crippen LogP contribution in [0.15, 0.2) is 57.2 Å². The van der Waals surface area contributed by atoms with Crippen LogP contribution in [0.4, 0.5) is 0 Å². The Labute approximate surface area is 147 Å². The Bertz CT molecular complexity index is 1080. The molecule has 8 heteroatoms. The first-order valence-corrected chi connectivity index (χ1v) is 7.77.